The Balaban J connectivity index is 1.22. The van der Waals surface area contributed by atoms with Gasteiger partial charge in [-0.3, -0.25) is 9.69 Å². The standard InChI is InChI=1S/C28H35ClN6O3/c1-28(2,3)38-27(37)35-13-7-12-23(35)25(36)32-17-8-6-9-18(14-17)33-26-31-16-21(29)24(34-26)20-15-30-22-11-5-4-10-19(20)22/h4-5,10-11,15-18,23,30H,6-9,12-14H2,1-3H3,(H,32,36)(H,31,33,34)/t17?,18-,23?/m1/s1. The van der Waals surface area contributed by atoms with Crippen LogP contribution in [0.3, 0.4) is 0 Å². The molecule has 2 amide bonds. The van der Waals surface area contributed by atoms with Gasteiger partial charge < -0.3 is 20.4 Å². The van der Waals surface area contributed by atoms with Crippen LogP contribution in [-0.2, 0) is 9.53 Å². The Kier molecular flexibility index (Phi) is 7.47. The van der Waals surface area contributed by atoms with Crippen molar-refractivity contribution >= 4 is 40.5 Å². The van der Waals surface area contributed by atoms with E-state index in [2.05, 4.69) is 20.6 Å². The molecule has 202 valence electrons. The highest BCUT2D eigenvalue weighted by Gasteiger charge is 2.37. The molecule has 10 heteroatoms. The average molecular weight is 539 g/mol. The molecule has 1 aliphatic heterocycles. The summed E-state index contributed by atoms with van der Waals surface area (Å²) in [6.45, 7) is 6.03. The van der Waals surface area contributed by atoms with Crippen LogP contribution in [0.5, 0.6) is 0 Å². The third-order valence-corrected chi connectivity index (χ3v) is 7.40. The average Bonchev–Trinajstić information content (AvgIpc) is 3.52. The number of anilines is 1. The maximum absolute atomic E-state index is 13.2. The van der Waals surface area contributed by atoms with Crippen molar-refractivity contribution in [3.63, 3.8) is 0 Å². The van der Waals surface area contributed by atoms with Crippen molar-refractivity contribution in [2.45, 2.75) is 83.0 Å². The lowest BCUT2D eigenvalue weighted by molar-refractivity contribution is -0.126. The number of amides is 2. The van der Waals surface area contributed by atoms with Gasteiger partial charge in [0.25, 0.3) is 0 Å². The molecule has 3 N–H and O–H groups in total. The van der Waals surface area contributed by atoms with Gasteiger partial charge in [0.05, 0.1) is 16.9 Å². The zero-order valence-corrected chi connectivity index (χ0v) is 22.8. The fourth-order valence-electron chi connectivity index (χ4n) is 5.40. The molecule has 2 fully saturated rings. The number of hydrogen-bond acceptors (Lipinski definition) is 6. The van der Waals surface area contributed by atoms with E-state index < -0.39 is 17.7 Å². The van der Waals surface area contributed by atoms with E-state index in [1.165, 1.54) is 0 Å². The topological polar surface area (TPSA) is 112 Å². The van der Waals surface area contributed by atoms with Crippen LogP contribution in [0.4, 0.5) is 10.7 Å². The first kappa shape index (κ1) is 26.3. The van der Waals surface area contributed by atoms with Crippen LogP contribution in [0.2, 0.25) is 5.02 Å². The van der Waals surface area contributed by atoms with E-state index in [1.807, 2.05) is 51.2 Å². The van der Waals surface area contributed by atoms with Crippen LogP contribution in [0.25, 0.3) is 22.2 Å². The number of ether oxygens (including phenoxy) is 1. The van der Waals surface area contributed by atoms with Gasteiger partial charge in [-0.25, -0.2) is 14.8 Å². The van der Waals surface area contributed by atoms with E-state index in [4.69, 9.17) is 21.3 Å². The summed E-state index contributed by atoms with van der Waals surface area (Å²) >= 11 is 6.49. The summed E-state index contributed by atoms with van der Waals surface area (Å²) in [5, 5.41) is 8.18. The Morgan fingerprint density at radius 2 is 1.92 bits per heavy atom. The number of nitrogens with zero attached hydrogens (tertiary/aromatic N) is 3. The number of H-pyrrole nitrogens is 1. The summed E-state index contributed by atoms with van der Waals surface area (Å²) in [5.74, 6) is 0.405. The minimum Gasteiger partial charge on any atom is -0.444 e. The number of fused-ring (bicyclic) bond motifs is 1. The lowest BCUT2D eigenvalue weighted by Gasteiger charge is -2.32. The molecule has 3 atom stereocenters. The van der Waals surface area contributed by atoms with Crippen molar-refractivity contribution in [3.8, 4) is 11.3 Å². The largest absolute Gasteiger partial charge is 0.444 e. The number of benzene rings is 1. The first-order valence-electron chi connectivity index (χ1n) is 13.3. The fourth-order valence-corrected chi connectivity index (χ4v) is 5.60. The van der Waals surface area contributed by atoms with Gasteiger partial charge in [0.15, 0.2) is 0 Å². The van der Waals surface area contributed by atoms with Crippen molar-refractivity contribution in [3.05, 3.63) is 41.7 Å². The molecule has 1 aliphatic carbocycles. The molecule has 1 aromatic carbocycles. The van der Waals surface area contributed by atoms with Crippen LogP contribution >= 0.6 is 11.6 Å². The summed E-state index contributed by atoms with van der Waals surface area (Å²) in [6, 6.07) is 7.65. The summed E-state index contributed by atoms with van der Waals surface area (Å²) in [5.41, 5.74) is 2.02. The summed E-state index contributed by atoms with van der Waals surface area (Å²) in [6.07, 6.45) is 8.11. The zero-order valence-electron chi connectivity index (χ0n) is 22.1. The molecule has 2 unspecified atom stereocenters. The fraction of sp³-hybridized carbons (Fsp3) is 0.500. The monoisotopic (exact) mass is 538 g/mol. The van der Waals surface area contributed by atoms with Crippen molar-refractivity contribution in [2.75, 3.05) is 11.9 Å². The van der Waals surface area contributed by atoms with Crippen LogP contribution in [0.1, 0.15) is 59.3 Å². The SMILES string of the molecule is CC(C)(C)OC(=O)N1CCCC1C(=O)NC1CCC[C@@H](Nc2ncc(Cl)c(-c3c[nH]c4ccccc34)n2)C1. The normalized spacial score (nSPS) is 21.9. The lowest BCUT2D eigenvalue weighted by Crippen LogP contribution is -2.51. The molecule has 0 spiro atoms. The molecule has 0 bridgehead atoms. The van der Waals surface area contributed by atoms with E-state index in [-0.39, 0.29) is 18.0 Å². The Bertz CT molecular complexity index is 1320. The van der Waals surface area contributed by atoms with Crippen molar-refractivity contribution in [1.29, 1.82) is 0 Å². The number of hydrogen-bond donors (Lipinski definition) is 3. The predicted molar refractivity (Wildman–Crippen MR) is 148 cm³/mol. The second-order valence-corrected chi connectivity index (χ2v) is 11.6. The van der Waals surface area contributed by atoms with Gasteiger partial charge in [0.1, 0.15) is 11.6 Å². The van der Waals surface area contributed by atoms with E-state index >= 15 is 0 Å². The number of aromatic nitrogens is 3. The molecule has 2 aromatic heterocycles. The number of nitrogens with one attached hydrogen (secondary N) is 3. The van der Waals surface area contributed by atoms with E-state index in [0.29, 0.717) is 29.6 Å². The third kappa shape index (κ3) is 5.88. The van der Waals surface area contributed by atoms with Crippen LogP contribution in [0.15, 0.2) is 36.7 Å². The highest BCUT2D eigenvalue weighted by atomic mass is 35.5. The minimum atomic E-state index is -0.596. The van der Waals surface area contributed by atoms with Gasteiger partial charge >= 0.3 is 6.09 Å². The number of halogens is 1. The van der Waals surface area contributed by atoms with Crippen LogP contribution in [0, 0.1) is 0 Å². The molecular weight excluding hydrogens is 504 g/mol. The predicted octanol–water partition coefficient (Wildman–Crippen LogP) is 5.52. The lowest BCUT2D eigenvalue weighted by atomic mass is 9.90. The number of carbonyl (C=O) groups excluding carboxylic acids is 2. The van der Waals surface area contributed by atoms with Gasteiger partial charge in [0.2, 0.25) is 11.9 Å². The molecule has 38 heavy (non-hydrogen) atoms. The minimum absolute atomic E-state index is 0.00947. The number of para-hydroxylation sites is 1. The molecule has 5 rings (SSSR count). The smallest absolute Gasteiger partial charge is 0.410 e. The zero-order chi connectivity index (χ0) is 26.9. The maximum atomic E-state index is 13.2. The Hall–Kier alpha value is -3.33. The molecule has 1 saturated carbocycles. The molecule has 3 heterocycles. The number of rotatable bonds is 5. The quantitative estimate of drug-likeness (QED) is 0.394. The summed E-state index contributed by atoms with van der Waals surface area (Å²) < 4.78 is 5.52. The molecule has 3 aromatic rings. The van der Waals surface area contributed by atoms with E-state index in [9.17, 15) is 9.59 Å². The highest BCUT2D eigenvalue weighted by molar-refractivity contribution is 6.33. The van der Waals surface area contributed by atoms with Gasteiger partial charge in [0, 0.05) is 41.3 Å². The first-order valence-corrected chi connectivity index (χ1v) is 13.7. The third-order valence-electron chi connectivity index (χ3n) is 7.13. The van der Waals surface area contributed by atoms with Crippen molar-refractivity contribution in [1.82, 2.24) is 25.2 Å². The molecule has 0 radical (unpaired) electrons. The van der Waals surface area contributed by atoms with Crippen LogP contribution < -0.4 is 10.6 Å². The summed E-state index contributed by atoms with van der Waals surface area (Å²) in [7, 11) is 0. The van der Waals surface area contributed by atoms with Crippen molar-refractivity contribution in [2.24, 2.45) is 0 Å². The van der Waals surface area contributed by atoms with E-state index in [1.54, 1.807) is 11.1 Å². The summed E-state index contributed by atoms with van der Waals surface area (Å²) in [4.78, 5) is 39.8. The maximum Gasteiger partial charge on any atom is 0.410 e. The molecule has 1 saturated heterocycles. The highest BCUT2D eigenvalue weighted by Crippen LogP contribution is 2.33. The molecular formula is C28H35ClN6O3. The first-order chi connectivity index (χ1) is 18.2. The van der Waals surface area contributed by atoms with Gasteiger partial charge in [-0.2, -0.15) is 0 Å². The van der Waals surface area contributed by atoms with Gasteiger partial charge in [-0.05, 0) is 65.4 Å². The second-order valence-electron chi connectivity index (χ2n) is 11.2. The Labute approximate surface area is 227 Å². The molecule has 2 aliphatic rings. The van der Waals surface area contributed by atoms with E-state index in [0.717, 1.165) is 48.6 Å². The van der Waals surface area contributed by atoms with Gasteiger partial charge in [-0.15, -0.1) is 0 Å². The number of carbonyl (C=O) groups is 2. The van der Waals surface area contributed by atoms with Gasteiger partial charge in [-0.1, -0.05) is 29.8 Å². The second kappa shape index (κ2) is 10.8. The number of aromatic amines is 1. The van der Waals surface area contributed by atoms with Crippen molar-refractivity contribution < 1.29 is 14.3 Å². The Morgan fingerprint density at radius 3 is 2.74 bits per heavy atom. The molecule has 9 nitrogen and oxygen atoms in total. The Morgan fingerprint density at radius 1 is 1.13 bits per heavy atom. The van der Waals surface area contributed by atoms with Crippen LogP contribution in [-0.4, -0.2) is 62.1 Å². The number of likely N-dealkylation sites (tertiary alicyclic amines) is 1.